The Morgan fingerprint density at radius 1 is 1.28 bits per heavy atom. The average Bonchev–Trinajstić information content (AvgIpc) is 3.28. The van der Waals surface area contributed by atoms with Gasteiger partial charge in [0.2, 0.25) is 10.0 Å². The highest BCUT2D eigenvalue weighted by atomic mass is 35.5. The van der Waals surface area contributed by atoms with E-state index in [1.807, 2.05) is 0 Å². The van der Waals surface area contributed by atoms with Crippen LogP contribution in [0.4, 0.5) is 4.39 Å². The van der Waals surface area contributed by atoms with E-state index in [4.69, 9.17) is 16.1 Å². The van der Waals surface area contributed by atoms with Crippen LogP contribution in [0.3, 0.4) is 0 Å². The van der Waals surface area contributed by atoms with Crippen molar-refractivity contribution in [1.29, 1.82) is 0 Å². The lowest BCUT2D eigenvalue weighted by Crippen LogP contribution is -2.37. The van der Waals surface area contributed by atoms with Crippen molar-refractivity contribution in [2.75, 3.05) is 19.6 Å². The summed E-state index contributed by atoms with van der Waals surface area (Å²) in [6, 6.07) is 10.6. The van der Waals surface area contributed by atoms with E-state index >= 15 is 0 Å². The third-order valence-electron chi connectivity index (χ3n) is 5.10. The molecule has 1 aliphatic heterocycles. The molecule has 9 heteroatoms. The lowest BCUT2D eigenvalue weighted by Gasteiger charge is -2.16. The van der Waals surface area contributed by atoms with Crippen LogP contribution in [-0.2, 0) is 16.4 Å². The number of rotatable bonds is 7. The van der Waals surface area contributed by atoms with Crippen molar-refractivity contribution in [3.8, 4) is 0 Å². The molecule has 1 unspecified atom stereocenters. The Hall–Kier alpha value is -2.00. The molecule has 1 aromatic heterocycles. The lowest BCUT2D eigenvalue weighted by molar-refractivity contribution is 0.326. The second-order valence-electron chi connectivity index (χ2n) is 7.24. The molecule has 0 spiro atoms. The third kappa shape index (κ3) is 4.78. The second kappa shape index (κ2) is 8.39. The van der Waals surface area contributed by atoms with Gasteiger partial charge in [-0.25, -0.2) is 17.5 Å². The predicted molar refractivity (Wildman–Crippen MR) is 109 cm³/mol. The van der Waals surface area contributed by atoms with Gasteiger partial charge in [-0.05, 0) is 62.7 Å². The SMILES string of the molecule is O=S(=O)(NC1CCN(CCCc2noc3cc(F)ccc23)C1)c1cccc(Cl)c1. The van der Waals surface area contributed by atoms with Crippen LogP contribution in [0.25, 0.3) is 11.0 Å². The molecule has 1 N–H and O–H groups in total. The largest absolute Gasteiger partial charge is 0.356 e. The van der Waals surface area contributed by atoms with Gasteiger partial charge in [0.25, 0.3) is 0 Å². The third-order valence-corrected chi connectivity index (χ3v) is 6.85. The topological polar surface area (TPSA) is 75.4 Å². The molecule has 2 aromatic carbocycles. The normalized spacial score (nSPS) is 17.9. The molecule has 1 atom stereocenters. The highest BCUT2D eigenvalue weighted by Gasteiger charge is 2.27. The highest BCUT2D eigenvalue weighted by molar-refractivity contribution is 7.89. The van der Waals surface area contributed by atoms with Crippen molar-refractivity contribution in [2.45, 2.75) is 30.2 Å². The Kier molecular flexibility index (Phi) is 5.87. The minimum atomic E-state index is -3.59. The molecule has 2 heterocycles. The van der Waals surface area contributed by atoms with Gasteiger partial charge < -0.3 is 9.42 Å². The Balaban J connectivity index is 1.29. The number of hydrogen-bond donors (Lipinski definition) is 1. The molecule has 3 aromatic rings. The number of benzene rings is 2. The van der Waals surface area contributed by atoms with Gasteiger partial charge >= 0.3 is 0 Å². The van der Waals surface area contributed by atoms with Gasteiger partial charge in [-0.3, -0.25) is 0 Å². The van der Waals surface area contributed by atoms with Crippen molar-refractivity contribution in [3.63, 3.8) is 0 Å². The Bertz CT molecular complexity index is 1120. The van der Waals surface area contributed by atoms with Gasteiger partial charge in [0.1, 0.15) is 5.82 Å². The van der Waals surface area contributed by atoms with Crippen LogP contribution >= 0.6 is 11.6 Å². The number of hydrogen-bond acceptors (Lipinski definition) is 5. The minimum Gasteiger partial charge on any atom is -0.356 e. The predicted octanol–water partition coefficient (Wildman–Crippen LogP) is 3.61. The van der Waals surface area contributed by atoms with Crippen LogP contribution in [0.2, 0.25) is 5.02 Å². The zero-order valence-electron chi connectivity index (χ0n) is 15.6. The summed E-state index contributed by atoms with van der Waals surface area (Å²) in [6.45, 7) is 2.31. The monoisotopic (exact) mass is 437 g/mol. The van der Waals surface area contributed by atoms with Gasteiger partial charge in [0.05, 0.1) is 10.6 Å². The first-order valence-corrected chi connectivity index (χ1v) is 11.3. The van der Waals surface area contributed by atoms with Crippen LogP contribution in [0, 0.1) is 5.82 Å². The van der Waals surface area contributed by atoms with Crippen molar-refractivity contribution in [2.24, 2.45) is 0 Å². The van der Waals surface area contributed by atoms with E-state index in [1.165, 1.54) is 24.3 Å². The standard InChI is InChI=1S/C20H21ClFN3O3S/c21-14-3-1-4-17(11-14)29(26,27)24-16-8-10-25(13-16)9-2-5-19-18-7-6-15(22)12-20(18)28-23-19/h1,3-4,6-7,11-12,16,24H,2,5,8-10,13H2. The molecular formula is C20H21ClFN3O3S. The molecule has 0 aliphatic carbocycles. The number of likely N-dealkylation sites (tertiary alicyclic amines) is 1. The summed E-state index contributed by atoms with van der Waals surface area (Å²) in [5.41, 5.74) is 1.27. The zero-order valence-corrected chi connectivity index (χ0v) is 17.2. The highest BCUT2D eigenvalue weighted by Crippen LogP contribution is 2.21. The summed E-state index contributed by atoms with van der Waals surface area (Å²) in [5.74, 6) is -0.344. The fraction of sp³-hybridized carbons (Fsp3) is 0.350. The van der Waals surface area contributed by atoms with Crippen LogP contribution in [0.5, 0.6) is 0 Å². The first-order chi connectivity index (χ1) is 13.9. The van der Waals surface area contributed by atoms with Crippen LogP contribution in [0.15, 0.2) is 51.9 Å². The molecule has 0 saturated carbocycles. The van der Waals surface area contributed by atoms with Gasteiger partial charge in [-0.2, -0.15) is 0 Å². The minimum absolute atomic E-state index is 0.130. The molecule has 0 bridgehead atoms. The van der Waals surface area contributed by atoms with Crippen LogP contribution in [0.1, 0.15) is 18.5 Å². The molecule has 29 heavy (non-hydrogen) atoms. The summed E-state index contributed by atoms with van der Waals surface area (Å²) in [4.78, 5) is 2.41. The fourth-order valence-electron chi connectivity index (χ4n) is 3.67. The number of nitrogens with zero attached hydrogens (tertiary/aromatic N) is 2. The van der Waals surface area contributed by atoms with E-state index < -0.39 is 10.0 Å². The summed E-state index contributed by atoms with van der Waals surface area (Å²) in [6.07, 6.45) is 2.33. The quantitative estimate of drug-likeness (QED) is 0.611. The van der Waals surface area contributed by atoms with Gasteiger partial charge in [0, 0.05) is 29.1 Å². The number of aryl methyl sites for hydroxylation is 1. The van der Waals surface area contributed by atoms with Crippen molar-refractivity contribution < 1.29 is 17.3 Å². The van der Waals surface area contributed by atoms with Crippen molar-refractivity contribution >= 4 is 32.6 Å². The fourth-order valence-corrected chi connectivity index (χ4v) is 5.23. The number of aromatic nitrogens is 1. The molecule has 1 saturated heterocycles. The number of sulfonamides is 1. The molecule has 1 aliphatic rings. The Labute approximate surface area is 173 Å². The molecule has 4 rings (SSSR count). The zero-order chi connectivity index (χ0) is 20.4. The Morgan fingerprint density at radius 2 is 2.14 bits per heavy atom. The summed E-state index contributed by atoms with van der Waals surface area (Å²) < 4.78 is 46.3. The van der Waals surface area contributed by atoms with E-state index in [-0.39, 0.29) is 16.8 Å². The van der Waals surface area contributed by atoms with Gasteiger partial charge in [-0.1, -0.05) is 22.8 Å². The van der Waals surface area contributed by atoms with Crippen molar-refractivity contribution in [3.05, 3.63) is 59.0 Å². The molecule has 154 valence electrons. The van der Waals surface area contributed by atoms with E-state index in [0.29, 0.717) is 23.6 Å². The molecule has 0 amide bonds. The smallest absolute Gasteiger partial charge is 0.240 e. The van der Waals surface area contributed by atoms with Gasteiger partial charge in [0.15, 0.2) is 5.58 Å². The Morgan fingerprint density at radius 3 is 2.97 bits per heavy atom. The summed E-state index contributed by atoms with van der Waals surface area (Å²) in [5, 5.41) is 5.27. The number of fused-ring (bicyclic) bond motifs is 1. The van der Waals surface area contributed by atoms with E-state index in [0.717, 1.165) is 37.0 Å². The summed E-state index contributed by atoms with van der Waals surface area (Å²) in [7, 11) is -3.59. The van der Waals surface area contributed by atoms with Gasteiger partial charge in [-0.15, -0.1) is 0 Å². The maximum absolute atomic E-state index is 13.2. The first-order valence-electron chi connectivity index (χ1n) is 9.45. The van der Waals surface area contributed by atoms with Crippen LogP contribution < -0.4 is 4.72 Å². The van der Waals surface area contributed by atoms with Crippen molar-refractivity contribution in [1.82, 2.24) is 14.8 Å². The maximum atomic E-state index is 13.2. The summed E-state index contributed by atoms with van der Waals surface area (Å²) >= 11 is 5.90. The average molecular weight is 438 g/mol. The second-order valence-corrected chi connectivity index (χ2v) is 9.39. The van der Waals surface area contributed by atoms with Crippen LogP contribution in [-0.4, -0.2) is 44.2 Å². The molecule has 0 radical (unpaired) electrons. The molecule has 1 fully saturated rings. The molecular weight excluding hydrogens is 417 g/mol. The number of nitrogens with one attached hydrogen (secondary N) is 1. The first kappa shape index (κ1) is 20.3. The lowest BCUT2D eigenvalue weighted by atomic mass is 10.1. The number of halogens is 2. The maximum Gasteiger partial charge on any atom is 0.240 e. The van der Waals surface area contributed by atoms with E-state index in [2.05, 4.69) is 14.8 Å². The van der Waals surface area contributed by atoms with E-state index in [1.54, 1.807) is 18.2 Å². The van der Waals surface area contributed by atoms with E-state index in [9.17, 15) is 12.8 Å². The molecule has 6 nitrogen and oxygen atoms in total.